The maximum Gasteiger partial charge on any atom is 0.343 e. The van der Waals surface area contributed by atoms with Crippen LogP contribution in [-0.2, 0) is 16.0 Å². The van der Waals surface area contributed by atoms with Gasteiger partial charge in [-0.05, 0) is 68.1 Å². The molecule has 0 heterocycles. The third kappa shape index (κ3) is 7.27. The fourth-order valence-electron chi connectivity index (χ4n) is 2.56. The molecule has 2 aromatic carbocycles. The number of aryl methyl sites for hydroxylation is 1. The number of ether oxygens (including phenoxy) is 2. The van der Waals surface area contributed by atoms with Crippen molar-refractivity contribution in [1.82, 2.24) is 0 Å². The zero-order valence-corrected chi connectivity index (χ0v) is 16.1. The van der Waals surface area contributed by atoms with Gasteiger partial charge in [-0.15, -0.1) is 0 Å². The number of carbonyl (C=O) groups excluding carboxylic acids is 2. The number of unbranched alkanes of at least 4 members (excludes halogenated alkanes) is 3. The summed E-state index contributed by atoms with van der Waals surface area (Å²) in [5, 5.41) is 9.25. The Kier molecular flexibility index (Phi) is 8.28. The molecule has 2 rings (SSSR count). The van der Waals surface area contributed by atoms with E-state index in [1.165, 1.54) is 12.1 Å². The summed E-state index contributed by atoms with van der Waals surface area (Å²) in [7, 11) is 0. The van der Waals surface area contributed by atoms with E-state index in [9.17, 15) is 14.7 Å². The summed E-state index contributed by atoms with van der Waals surface area (Å²) in [6.45, 7) is 5.62. The monoisotopic (exact) mass is 382 g/mol. The molecular weight excluding hydrogens is 356 g/mol. The number of rotatable bonds is 10. The lowest BCUT2D eigenvalue weighted by Gasteiger charge is -2.06. The van der Waals surface area contributed by atoms with Gasteiger partial charge in [-0.3, -0.25) is 0 Å². The first-order valence-electron chi connectivity index (χ1n) is 9.38. The van der Waals surface area contributed by atoms with E-state index in [1.54, 1.807) is 31.2 Å². The van der Waals surface area contributed by atoms with Crippen LogP contribution >= 0.6 is 0 Å². The van der Waals surface area contributed by atoms with Crippen LogP contribution in [0.15, 0.2) is 60.7 Å². The summed E-state index contributed by atoms with van der Waals surface area (Å²) in [6, 6.07) is 13.4. The molecule has 2 aromatic rings. The van der Waals surface area contributed by atoms with E-state index in [0.717, 1.165) is 37.7 Å². The maximum atomic E-state index is 12.1. The number of hydrogen-bond donors (Lipinski definition) is 1. The molecule has 0 atom stereocenters. The van der Waals surface area contributed by atoms with Gasteiger partial charge in [0.1, 0.15) is 11.5 Å². The van der Waals surface area contributed by atoms with Gasteiger partial charge in [0.05, 0.1) is 12.2 Å². The Balaban J connectivity index is 1.66. The summed E-state index contributed by atoms with van der Waals surface area (Å²) in [6.07, 6.45) is 4.86. The van der Waals surface area contributed by atoms with Gasteiger partial charge in [0.15, 0.2) is 0 Å². The summed E-state index contributed by atoms with van der Waals surface area (Å²) >= 11 is 0. The standard InChI is InChI=1S/C23H26O5/c1-17(2)22(25)27-16-6-4-3-5-7-18-8-10-19(11-9-18)23(26)28-21-14-12-20(24)13-15-21/h8-15,24H,1,3-7,16H2,2H3. The molecule has 0 spiro atoms. The molecule has 0 bridgehead atoms. The van der Waals surface area contributed by atoms with E-state index in [1.807, 2.05) is 12.1 Å². The molecule has 0 unspecified atom stereocenters. The maximum absolute atomic E-state index is 12.1. The van der Waals surface area contributed by atoms with Crippen LogP contribution in [-0.4, -0.2) is 23.7 Å². The minimum absolute atomic E-state index is 0.122. The van der Waals surface area contributed by atoms with Crippen molar-refractivity contribution in [1.29, 1.82) is 0 Å². The van der Waals surface area contributed by atoms with Crippen molar-refractivity contribution in [3.05, 3.63) is 71.8 Å². The average Bonchev–Trinajstić information content (AvgIpc) is 2.69. The van der Waals surface area contributed by atoms with Crippen LogP contribution in [0, 0.1) is 0 Å². The third-order valence-corrected chi connectivity index (χ3v) is 4.18. The van der Waals surface area contributed by atoms with E-state index in [-0.39, 0.29) is 11.7 Å². The van der Waals surface area contributed by atoms with E-state index in [2.05, 4.69) is 6.58 Å². The molecule has 0 saturated heterocycles. The number of phenols is 1. The molecule has 0 aromatic heterocycles. The first-order chi connectivity index (χ1) is 13.5. The Morgan fingerprint density at radius 1 is 0.929 bits per heavy atom. The van der Waals surface area contributed by atoms with Crippen LogP contribution in [0.5, 0.6) is 11.5 Å². The van der Waals surface area contributed by atoms with Gasteiger partial charge < -0.3 is 14.6 Å². The SMILES string of the molecule is C=C(C)C(=O)OCCCCCCc1ccc(C(=O)Oc2ccc(O)cc2)cc1. The highest BCUT2D eigenvalue weighted by atomic mass is 16.5. The fraction of sp³-hybridized carbons (Fsp3) is 0.304. The van der Waals surface area contributed by atoms with Gasteiger partial charge in [-0.25, -0.2) is 9.59 Å². The van der Waals surface area contributed by atoms with Crippen molar-refractivity contribution in [2.45, 2.75) is 39.0 Å². The highest BCUT2D eigenvalue weighted by Crippen LogP contribution is 2.18. The molecule has 1 N–H and O–H groups in total. The molecule has 148 valence electrons. The molecule has 0 radical (unpaired) electrons. The quantitative estimate of drug-likeness (QED) is 0.276. The van der Waals surface area contributed by atoms with Crippen molar-refractivity contribution in [3.8, 4) is 11.5 Å². The number of phenolic OH excluding ortho intramolecular Hbond substituents is 1. The molecule has 0 fully saturated rings. The van der Waals surface area contributed by atoms with Crippen molar-refractivity contribution in [3.63, 3.8) is 0 Å². The lowest BCUT2D eigenvalue weighted by molar-refractivity contribution is -0.139. The molecule has 0 saturated carbocycles. The van der Waals surface area contributed by atoms with Crippen LogP contribution in [0.25, 0.3) is 0 Å². The minimum atomic E-state index is -0.429. The molecule has 0 amide bonds. The normalized spacial score (nSPS) is 10.3. The summed E-state index contributed by atoms with van der Waals surface area (Å²) in [4.78, 5) is 23.4. The number of esters is 2. The van der Waals surface area contributed by atoms with Gasteiger partial charge in [0.2, 0.25) is 0 Å². The molecule has 5 heteroatoms. The minimum Gasteiger partial charge on any atom is -0.508 e. The second kappa shape index (κ2) is 10.9. The third-order valence-electron chi connectivity index (χ3n) is 4.18. The van der Waals surface area contributed by atoms with Crippen molar-refractivity contribution < 1.29 is 24.2 Å². The Bertz CT molecular complexity index is 791. The largest absolute Gasteiger partial charge is 0.508 e. The topological polar surface area (TPSA) is 72.8 Å². The van der Waals surface area contributed by atoms with Gasteiger partial charge in [0.25, 0.3) is 0 Å². The summed E-state index contributed by atoms with van der Waals surface area (Å²) in [5.41, 5.74) is 2.07. The Hall–Kier alpha value is -3.08. The first kappa shape index (κ1) is 21.2. The molecular formula is C23H26O5. The van der Waals surface area contributed by atoms with Crippen molar-refractivity contribution >= 4 is 11.9 Å². The van der Waals surface area contributed by atoms with E-state index in [4.69, 9.17) is 9.47 Å². The van der Waals surface area contributed by atoms with E-state index in [0.29, 0.717) is 23.5 Å². The van der Waals surface area contributed by atoms with E-state index < -0.39 is 5.97 Å². The lowest BCUT2D eigenvalue weighted by atomic mass is 10.0. The molecule has 0 aliphatic rings. The van der Waals surface area contributed by atoms with Crippen LogP contribution < -0.4 is 4.74 Å². The van der Waals surface area contributed by atoms with Crippen LogP contribution in [0.4, 0.5) is 0 Å². The van der Waals surface area contributed by atoms with Crippen LogP contribution in [0.3, 0.4) is 0 Å². The predicted octanol–water partition coefficient (Wildman–Crippen LogP) is 4.83. The highest BCUT2D eigenvalue weighted by Gasteiger charge is 2.08. The number of benzene rings is 2. The lowest BCUT2D eigenvalue weighted by Crippen LogP contribution is -2.08. The number of aromatic hydroxyl groups is 1. The number of hydrogen-bond acceptors (Lipinski definition) is 5. The zero-order chi connectivity index (χ0) is 20.4. The van der Waals surface area contributed by atoms with Crippen molar-refractivity contribution in [2.24, 2.45) is 0 Å². The number of carbonyl (C=O) groups is 2. The molecule has 5 nitrogen and oxygen atoms in total. The van der Waals surface area contributed by atoms with Crippen LogP contribution in [0.1, 0.15) is 48.5 Å². The van der Waals surface area contributed by atoms with Gasteiger partial charge in [-0.2, -0.15) is 0 Å². The van der Waals surface area contributed by atoms with E-state index >= 15 is 0 Å². The molecule has 0 aliphatic carbocycles. The highest BCUT2D eigenvalue weighted by molar-refractivity contribution is 5.91. The van der Waals surface area contributed by atoms with Crippen molar-refractivity contribution in [2.75, 3.05) is 6.61 Å². The Morgan fingerprint density at radius 3 is 2.21 bits per heavy atom. The summed E-state index contributed by atoms with van der Waals surface area (Å²) in [5.74, 6) is -0.247. The Morgan fingerprint density at radius 2 is 1.57 bits per heavy atom. The zero-order valence-electron chi connectivity index (χ0n) is 16.1. The first-order valence-corrected chi connectivity index (χ1v) is 9.38. The smallest absolute Gasteiger partial charge is 0.343 e. The average molecular weight is 382 g/mol. The predicted molar refractivity (Wildman–Crippen MR) is 107 cm³/mol. The molecule has 28 heavy (non-hydrogen) atoms. The molecule has 0 aliphatic heterocycles. The Labute approximate surface area is 165 Å². The van der Waals surface area contributed by atoms with Gasteiger partial charge >= 0.3 is 11.9 Å². The summed E-state index contributed by atoms with van der Waals surface area (Å²) < 4.78 is 10.3. The fourth-order valence-corrected chi connectivity index (χ4v) is 2.56. The second-order valence-electron chi connectivity index (χ2n) is 6.66. The van der Waals surface area contributed by atoms with Gasteiger partial charge in [-0.1, -0.05) is 31.6 Å². The second-order valence-corrected chi connectivity index (χ2v) is 6.66. The van der Waals surface area contributed by atoms with Crippen LogP contribution in [0.2, 0.25) is 0 Å². The van der Waals surface area contributed by atoms with Gasteiger partial charge in [0, 0.05) is 5.57 Å².